The molecule has 1 aromatic rings. The van der Waals surface area contributed by atoms with Crippen LogP contribution in [0.15, 0.2) is 23.0 Å². The molecule has 116 valence electrons. The number of carbonyl (C=O) groups excluding carboxylic acids is 1. The molecule has 0 aliphatic carbocycles. The molecule has 0 aromatic carbocycles. The predicted molar refractivity (Wildman–Crippen MR) is 76.1 cm³/mol. The van der Waals surface area contributed by atoms with Crippen LogP contribution in [-0.4, -0.2) is 62.9 Å². The van der Waals surface area contributed by atoms with Gasteiger partial charge in [-0.05, 0) is 12.5 Å². The van der Waals surface area contributed by atoms with Crippen LogP contribution >= 0.6 is 0 Å². The summed E-state index contributed by atoms with van der Waals surface area (Å²) < 4.78 is 15.9. The van der Waals surface area contributed by atoms with Crippen LogP contribution in [0.1, 0.15) is 16.8 Å². The average Bonchev–Trinajstić information content (AvgIpc) is 3.22. The Bertz CT molecular complexity index is 437. The van der Waals surface area contributed by atoms with E-state index in [0.29, 0.717) is 24.1 Å². The van der Waals surface area contributed by atoms with E-state index >= 15 is 0 Å². The van der Waals surface area contributed by atoms with Crippen LogP contribution in [-0.2, 0) is 9.47 Å². The monoisotopic (exact) mass is 294 g/mol. The third kappa shape index (κ3) is 3.64. The summed E-state index contributed by atoms with van der Waals surface area (Å²) in [6.45, 7) is 5.60. The molecule has 2 atom stereocenters. The van der Waals surface area contributed by atoms with Crippen molar-refractivity contribution in [3.8, 4) is 0 Å². The van der Waals surface area contributed by atoms with E-state index in [1.165, 1.54) is 12.5 Å². The summed E-state index contributed by atoms with van der Waals surface area (Å²) in [4.78, 5) is 14.5. The molecule has 0 spiro atoms. The van der Waals surface area contributed by atoms with Gasteiger partial charge < -0.3 is 19.2 Å². The fourth-order valence-corrected chi connectivity index (χ4v) is 3.05. The Balaban J connectivity index is 1.59. The number of rotatable bonds is 5. The van der Waals surface area contributed by atoms with Gasteiger partial charge in [-0.3, -0.25) is 9.69 Å². The highest BCUT2D eigenvalue weighted by molar-refractivity contribution is 5.93. The summed E-state index contributed by atoms with van der Waals surface area (Å²) in [5.74, 6) is 0.397. The third-order valence-corrected chi connectivity index (χ3v) is 4.28. The van der Waals surface area contributed by atoms with Crippen molar-refractivity contribution in [3.05, 3.63) is 24.2 Å². The van der Waals surface area contributed by atoms with E-state index in [4.69, 9.17) is 13.9 Å². The summed E-state index contributed by atoms with van der Waals surface area (Å²) in [5.41, 5.74) is 0.568. The SMILES string of the molecule is O=C(NC[C@@H]([C@@H]1CCOC1)N1CCOCC1)c1ccoc1. The van der Waals surface area contributed by atoms with Gasteiger partial charge in [0.05, 0.1) is 31.6 Å². The van der Waals surface area contributed by atoms with Crippen molar-refractivity contribution in [3.63, 3.8) is 0 Å². The fourth-order valence-electron chi connectivity index (χ4n) is 3.05. The van der Waals surface area contributed by atoms with Crippen molar-refractivity contribution in [2.75, 3.05) is 46.1 Å². The van der Waals surface area contributed by atoms with Crippen LogP contribution in [0, 0.1) is 5.92 Å². The van der Waals surface area contributed by atoms with Crippen molar-refractivity contribution in [2.24, 2.45) is 5.92 Å². The molecular formula is C15H22N2O4. The lowest BCUT2D eigenvalue weighted by Crippen LogP contribution is -2.52. The summed E-state index contributed by atoms with van der Waals surface area (Å²) in [6.07, 6.45) is 4.04. The van der Waals surface area contributed by atoms with Crippen LogP contribution in [0.3, 0.4) is 0 Å². The highest BCUT2D eigenvalue weighted by Gasteiger charge is 2.31. The zero-order valence-corrected chi connectivity index (χ0v) is 12.1. The topological polar surface area (TPSA) is 63.9 Å². The van der Waals surface area contributed by atoms with Crippen LogP contribution in [0.4, 0.5) is 0 Å². The van der Waals surface area contributed by atoms with Crippen LogP contribution < -0.4 is 5.32 Å². The number of nitrogens with zero attached hydrogens (tertiary/aromatic N) is 1. The fraction of sp³-hybridized carbons (Fsp3) is 0.667. The average molecular weight is 294 g/mol. The number of morpholine rings is 1. The molecule has 0 radical (unpaired) electrons. The van der Waals surface area contributed by atoms with Crippen molar-refractivity contribution in [1.29, 1.82) is 0 Å². The Hall–Kier alpha value is -1.37. The van der Waals surface area contributed by atoms with E-state index in [0.717, 1.165) is 45.9 Å². The first-order chi connectivity index (χ1) is 10.3. The molecule has 2 aliphatic heterocycles. The first-order valence-electron chi connectivity index (χ1n) is 7.54. The molecule has 0 unspecified atom stereocenters. The van der Waals surface area contributed by atoms with Crippen molar-refractivity contribution in [1.82, 2.24) is 10.2 Å². The number of carbonyl (C=O) groups is 1. The normalized spacial score (nSPS) is 24.9. The lowest BCUT2D eigenvalue weighted by atomic mass is 9.96. The molecule has 6 heteroatoms. The van der Waals surface area contributed by atoms with E-state index < -0.39 is 0 Å². The molecule has 2 saturated heterocycles. The minimum atomic E-state index is -0.0825. The van der Waals surface area contributed by atoms with Crippen molar-refractivity contribution >= 4 is 5.91 Å². The molecule has 0 bridgehead atoms. The van der Waals surface area contributed by atoms with E-state index in [-0.39, 0.29) is 5.91 Å². The molecule has 1 N–H and O–H groups in total. The maximum absolute atomic E-state index is 12.1. The Labute approximate surface area is 124 Å². The van der Waals surface area contributed by atoms with Gasteiger partial charge in [-0.1, -0.05) is 0 Å². The highest BCUT2D eigenvalue weighted by Crippen LogP contribution is 2.22. The second-order valence-corrected chi connectivity index (χ2v) is 5.56. The molecular weight excluding hydrogens is 272 g/mol. The Morgan fingerprint density at radius 3 is 2.86 bits per heavy atom. The predicted octanol–water partition coefficient (Wildman–Crippen LogP) is 0.747. The van der Waals surface area contributed by atoms with E-state index in [2.05, 4.69) is 10.2 Å². The number of furan rings is 1. The smallest absolute Gasteiger partial charge is 0.254 e. The molecule has 1 amide bonds. The standard InChI is InChI=1S/C15H22N2O4/c18-15(13-2-6-21-11-13)16-9-14(12-1-5-20-10-12)17-3-7-19-8-4-17/h2,6,11-12,14H,1,3-5,7-10H2,(H,16,18)/t12-,14+/m1/s1. The van der Waals surface area contributed by atoms with Crippen LogP contribution in [0.5, 0.6) is 0 Å². The number of ether oxygens (including phenoxy) is 2. The number of hydrogen-bond donors (Lipinski definition) is 1. The highest BCUT2D eigenvalue weighted by atomic mass is 16.5. The minimum Gasteiger partial charge on any atom is -0.472 e. The molecule has 6 nitrogen and oxygen atoms in total. The second-order valence-electron chi connectivity index (χ2n) is 5.56. The van der Waals surface area contributed by atoms with E-state index in [1.807, 2.05) is 0 Å². The van der Waals surface area contributed by atoms with Gasteiger partial charge in [0.25, 0.3) is 5.91 Å². The lowest BCUT2D eigenvalue weighted by molar-refractivity contribution is 0.00166. The first kappa shape index (κ1) is 14.6. The zero-order chi connectivity index (χ0) is 14.5. The van der Waals surface area contributed by atoms with Gasteiger partial charge >= 0.3 is 0 Å². The Morgan fingerprint density at radius 2 is 2.19 bits per heavy atom. The number of amides is 1. The first-order valence-corrected chi connectivity index (χ1v) is 7.54. The van der Waals surface area contributed by atoms with Crippen LogP contribution in [0.2, 0.25) is 0 Å². The van der Waals surface area contributed by atoms with Gasteiger partial charge in [0.1, 0.15) is 6.26 Å². The zero-order valence-electron chi connectivity index (χ0n) is 12.1. The number of hydrogen-bond acceptors (Lipinski definition) is 5. The summed E-state index contributed by atoms with van der Waals surface area (Å²) >= 11 is 0. The van der Waals surface area contributed by atoms with Gasteiger partial charge in [-0.15, -0.1) is 0 Å². The van der Waals surface area contributed by atoms with Gasteiger partial charge in [0.2, 0.25) is 0 Å². The van der Waals surface area contributed by atoms with Gasteiger partial charge in [0.15, 0.2) is 0 Å². The number of nitrogens with one attached hydrogen (secondary N) is 1. The molecule has 3 rings (SSSR count). The molecule has 0 saturated carbocycles. The minimum absolute atomic E-state index is 0.0825. The molecule has 1 aromatic heterocycles. The maximum Gasteiger partial charge on any atom is 0.254 e. The third-order valence-electron chi connectivity index (χ3n) is 4.28. The van der Waals surface area contributed by atoms with Crippen molar-refractivity contribution < 1.29 is 18.7 Å². The lowest BCUT2D eigenvalue weighted by Gasteiger charge is -2.37. The Kier molecular flexibility index (Phi) is 4.90. The van der Waals surface area contributed by atoms with Gasteiger partial charge in [0, 0.05) is 38.2 Å². The van der Waals surface area contributed by atoms with E-state index in [1.54, 1.807) is 6.07 Å². The molecule has 21 heavy (non-hydrogen) atoms. The summed E-state index contributed by atoms with van der Waals surface area (Å²) in [6, 6.07) is 1.99. The largest absolute Gasteiger partial charge is 0.472 e. The van der Waals surface area contributed by atoms with Gasteiger partial charge in [-0.2, -0.15) is 0 Å². The summed E-state index contributed by atoms with van der Waals surface area (Å²) in [5, 5.41) is 3.02. The molecule has 2 aliphatic rings. The second kappa shape index (κ2) is 7.06. The Morgan fingerprint density at radius 1 is 1.33 bits per heavy atom. The summed E-state index contributed by atoms with van der Waals surface area (Å²) in [7, 11) is 0. The maximum atomic E-state index is 12.1. The van der Waals surface area contributed by atoms with Gasteiger partial charge in [-0.25, -0.2) is 0 Å². The van der Waals surface area contributed by atoms with Crippen LogP contribution in [0.25, 0.3) is 0 Å². The van der Waals surface area contributed by atoms with E-state index in [9.17, 15) is 4.79 Å². The quantitative estimate of drug-likeness (QED) is 0.868. The molecule has 2 fully saturated rings. The molecule has 3 heterocycles. The van der Waals surface area contributed by atoms with Crippen molar-refractivity contribution in [2.45, 2.75) is 12.5 Å².